The van der Waals surface area contributed by atoms with E-state index in [4.69, 9.17) is 0 Å². The molecule has 12 heavy (non-hydrogen) atoms. The van der Waals surface area contributed by atoms with Crippen molar-refractivity contribution in [2.75, 3.05) is 11.5 Å². The lowest BCUT2D eigenvalue weighted by Crippen LogP contribution is -2.08. The Balaban J connectivity index is 1.99. The topological polar surface area (TPSA) is 17.1 Å². The molecule has 0 N–H and O–H groups in total. The van der Waals surface area contributed by atoms with Crippen LogP contribution in [0, 0.1) is 0 Å². The fourth-order valence-electron chi connectivity index (χ4n) is 1.51. The molecular weight excluding hydrogens is 188 g/mol. The molecule has 2 rings (SSSR count). The third-order valence-corrected chi connectivity index (χ3v) is 5.21. The lowest BCUT2D eigenvalue weighted by molar-refractivity contribution is -0.114. The lowest BCUT2D eigenvalue weighted by Gasteiger charge is -2.21. The monoisotopic (exact) mass is 200 g/mol. The van der Waals surface area contributed by atoms with Gasteiger partial charge in [0.2, 0.25) is 0 Å². The molecule has 0 radical (unpaired) electrons. The van der Waals surface area contributed by atoms with Crippen molar-refractivity contribution in [2.45, 2.75) is 23.8 Å². The van der Waals surface area contributed by atoms with E-state index < -0.39 is 0 Å². The smallest absolute Gasteiger partial charge is 0.156 e. The first-order valence-corrected chi connectivity index (χ1v) is 6.42. The van der Waals surface area contributed by atoms with Crippen molar-refractivity contribution in [1.82, 2.24) is 0 Å². The minimum atomic E-state index is 0.330. The number of carbonyl (C=O) groups excluding carboxylic acids is 1. The van der Waals surface area contributed by atoms with Gasteiger partial charge in [-0.3, -0.25) is 4.79 Å². The van der Waals surface area contributed by atoms with Crippen molar-refractivity contribution in [3.8, 4) is 0 Å². The summed E-state index contributed by atoms with van der Waals surface area (Å²) in [5.41, 5.74) is 1.38. The van der Waals surface area contributed by atoms with Crippen molar-refractivity contribution < 1.29 is 4.79 Å². The summed E-state index contributed by atoms with van der Waals surface area (Å²) in [4.78, 5) is 11.0. The minimum absolute atomic E-state index is 0.330. The molecule has 0 unspecified atom stereocenters. The quantitative estimate of drug-likeness (QED) is 0.647. The second-order valence-corrected chi connectivity index (χ2v) is 5.84. The van der Waals surface area contributed by atoms with Gasteiger partial charge in [0.25, 0.3) is 0 Å². The molecule has 0 amide bonds. The molecule has 1 aliphatic heterocycles. The fourth-order valence-corrected chi connectivity index (χ4v) is 4.50. The third kappa shape index (κ3) is 1.88. The zero-order valence-electron chi connectivity index (χ0n) is 6.91. The van der Waals surface area contributed by atoms with E-state index in [2.05, 4.69) is 0 Å². The maximum atomic E-state index is 11.0. The minimum Gasteiger partial charge on any atom is -0.295 e. The Bertz CT molecular complexity index is 217. The van der Waals surface area contributed by atoms with Gasteiger partial charge in [0.1, 0.15) is 0 Å². The molecule has 1 fully saturated rings. The summed E-state index contributed by atoms with van der Waals surface area (Å²) in [6, 6.07) is 0. The van der Waals surface area contributed by atoms with Crippen LogP contribution in [0.15, 0.2) is 11.6 Å². The van der Waals surface area contributed by atoms with Crippen LogP contribution in [0.1, 0.15) is 19.3 Å². The predicted molar refractivity (Wildman–Crippen MR) is 55.6 cm³/mol. The molecule has 0 aromatic carbocycles. The normalized spacial score (nSPS) is 26.0. The first kappa shape index (κ1) is 8.70. The van der Waals surface area contributed by atoms with Gasteiger partial charge in [0.05, 0.1) is 4.58 Å². The van der Waals surface area contributed by atoms with E-state index in [1.807, 2.05) is 29.6 Å². The summed E-state index contributed by atoms with van der Waals surface area (Å²) in [6.45, 7) is 0. The molecule has 0 spiro atoms. The zero-order chi connectivity index (χ0) is 8.39. The highest BCUT2D eigenvalue weighted by Crippen LogP contribution is 2.38. The van der Waals surface area contributed by atoms with Gasteiger partial charge in [0.15, 0.2) is 5.78 Å². The summed E-state index contributed by atoms with van der Waals surface area (Å²) in [5, 5.41) is 0. The first-order valence-electron chi connectivity index (χ1n) is 4.33. The summed E-state index contributed by atoms with van der Waals surface area (Å²) in [7, 11) is 0. The van der Waals surface area contributed by atoms with E-state index in [0.717, 1.165) is 12.8 Å². The average molecular weight is 200 g/mol. The molecule has 1 heterocycles. The van der Waals surface area contributed by atoms with Crippen LogP contribution in [0.25, 0.3) is 0 Å². The summed E-state index contributed by atoms with van der Waals surface area (Å²) in [6.07, 6.45) is 4.97. The van der Waals surface area contributed by atoms with Crippen LogP contribution >= 0.6 is 23.5 Å². The van der Waals surface area contributed by atoms with Crippen LogP contribution in [0.2, 0.25) is 0 Å². The number of rotatable bonds is 1. The summed E-state index contributed by atoms with van der Waals surface area (Å²) >= 11 is 4.01. The van der Waals surface area contributed by atoms with E-state index in [9.17, 15) is 4.79 Å². The number of carbonyl (C=O) groups is 1. The van der Waals surface area contributed by atoms with E-state index >= 15 is 0 Å². The zero-order valence-corrected chi connectivity index (χ0v) is 8.55. The maximum Gasteiger partial charge on any atom is 0.156 e. The molecule has 1 saturated heterocycles. The Morgan fingerprint density at radius 2 is 2.00 bits per heavy atom. The van der Waals surface area contributed by atoms with Crippen molar-refractivity contribution in [2.24, 2.45) is 0 Å². The molecule has 3 heteroatoms. The molecule has 1 aliphatic carbocycles. The molecule has 66 valence electrons. The van der Waals surface area contributed by atoms with Gasteiger partial charge in [0, 0.05) is 6.42 Å². The van der Waals surface area contributed by atoms with Crippen LogP contribution < -0.4 is 0 Å². The average Bonchev–Trinajstić information content (AvgIpc) is 2.54. The molecular formula is C9H12OS2. The standard InChI is InChI=1S/C9H12OS2/c10-8-3-2-7(6-8)9-11-4-1-5-12-9/h6,9H,1-5H2. The number of allylic oxidation sites excluding steroid dienone is 1. The molecule has 0 saturated carbocycles. The molecule has 0 atom stereocenters. The predicted octanol–water partition coefficient (Wildman–Crippen LogP) is 2.47. The SMILES string of the molecule is O=C1C=C(C2SCCCS2)CC1. The Hall–Kier alpha value is 0.110. The Labute approximate surface area is 81.4 Å². The van der Waals surface area contributed by atoms with E-state index in [0.29, 0.717) is 10.4 Å². The van der Waals surface area contributed by atoms with Crippen molar-refractivity contribution in [1.29, 1.82) is 0 Å². The van der Waals surface area contributed by atoms with Crippen LogP contribution in [-0.4, -0.2) is 21.9 Å². The van der Waals surface area contributed by atoms with Gasteiger partial charge in [-0.25, -0.2) is 0 Å². The van der Waals surface area contributed by atoms with Gasteiger partial charge in [-0.1, -0.05) is 0 Å². The number of thioether (sulfide) groups is 2. The van der Waals surface area contributed by atoms with E-state index in [1.165, 1.54) is 23.5 Å². The number of hydrogen-bond acceptors (Lipinski definition) is 3. The van der Waals surface area contributed by atoms with Gasteiger partial charge in [-0.2, -0.15) is 0 Å². The summed E-state index contributed by atoms with van der Waals surface area (Å²) < 4.78 is 0.602. The largest absolute Gasteiger partial charge is 0.295 e. The van der Waals surface area contributed by atoms with Crippen LogP contribution in [-0.2, 0) is 4.79 Å². The van der Waals surface area contributed by atoms with E-state index in [-0.39, 0.29) is 0 Å². The number of hydrogen-bond donors (Lipinski definition) is 0. The van der Waals surface area contributed by atoms with Gasteiger partial charge in [-0.05, 0) is 36.0 Å². The molecule has 0 aromatic heterocycles. The molecule has 0 aromatic rings. The van der Waals surface area contributed by atoms with Crippen molar-refractivity contribution >= 4 is 29.3 Å². The van der Waals surface area contributed by atoms with Crippen LogP contribution in [0.3, 0.4) is 0 Å². The molecule has 1 nitrogen and oxygen atoms in total. The second kappa shape index (κ2) is 3.88. The third-order valence-electron chi connectivity index (χ3n) is 2.14. The number of ketones is 1. The Kier molecular flexibility index (Phi) is 2.81. The fraction of sp³-hybridized carbons (Fsp3) is 0.667. The first-order chi connectivity index (χ1) is 5.86. The Morgan fingerprint density at radius 1 is 1.25 bits per heavy atom. The highest BCUT2D eigenvalue weighted by molar-refractivity contribution is 8.17. The maximum absolute atomic E-state index is 11.0. The molecule has 2 aliphatic rings. The van der Waals surface area contributed by atoms with Gasteiger partial charge < -0.3 is 0 Å². The van der Waals surface area contributed by atoms with Crippen molar-refractivity contribution in [3.63, 3.8) is 0 Å². The lowest BCUT2D eigenvalue weighted by atomic mass is 10.3. The molecule has 0 bridgehead atoms. The van der Waals surface area contributed by atoms with Crippen LogP contribution in [0.4, 0.5) is 0 Å². The van der Waals surface area contributed by atoms with Gasteiger partial charge >= 0.3 is 0 Å². The van der Waals surface area contributed by atoms with E-state index in [1.54, 1.807) is 0 Å². The van der Waals surface area contributed by atoms with Crippen LogP contribution in [0.5, 0.6) is 0 Å². The Morgan fingerprint density at radius 3 is 2.58 bits per heavy atom. The van der Waals surface area contributed by atoms with Gasteiger partial charge in [-0.15, -0.1) is 23.5 Å². The highest BCUT2D eigenvalue weighted by atomic mass is 32.2. The second-order valence-electron chi connectivity index (χ2n) is 3.11. The van der Waals surface area contributed by atoms with Crippen molar-refractivity contribution in [3.05, 3.63) is 11.6 Å². The summed E-state index contributed by atoms with van der Waals surface area (Å²) in [5.74, 6) is 2.86. The highest BCUT2D eigenvalue weighted by Gasteiger charge is 2.23.